The second kappa shape index (κ2) is 5.92. The first-order valence-corrected chi connectivity index (χ1v) is 7.13. The number of nitrogens with two attached hydrogens (primary N) is 1. The maximum absolute atomic E-state index is 5.70. The average molecular weight is 345 g/mol. The van der Waals surface area contributed by atoms with Crippen molar-refractivity contribution in [1.29, 1.82) is 0 Å². The second-order valence-corrected chi connectivity index (χ2v) is 5.18. The van der Waals surface area contributed by atoms with Crippen LogP contribution in [0.25, 0.3) is 5.69 Å². The molecule has 0 saturated heterocycles. The lowest BCUT2D eigenvalue weighted by Gasteiger charge is -2.11. The van der Waals surface area contributed by atoms with Crippen molar-refractivity contribution in [2.45, 2.75) is 6.54 Å². The summed E-state index contributed by atoms with van der Waals surface area (Å²) in [6, 6.07) is 11.6. The number of nitrogens with zero attached hydrogens (tertiary/aromatic N) is 4. The number of halogens is 1. The highest BCUT2D eigenvalue weighted by Gasteiger charge is 2.06. The molecule has 0 saturated carbocycles. The molecule has 1 aromatic carbocycles. The topological polar surface area (TPSA) is 81.6 Å². The molecule has 7 heteroatoms. The third kappa shape index (κ3) is 3.19. The Balaban J connectivity index is 1.82. The van der Waals surface area contributed by atoms with E-state index in [-0.39, 0.29) is 0 Å². The van der Waals surface area contributed by atoms with Crippen LogP contribution in [0.5, 0.6) is 0 Å². The zero-order valence-electron chi connectivity index (χ0n) is 11.1. The zero-order chi connectivity index (χ0) is 14.7. The largest absolute Gasteiger partial charge is 0.383 e. The Hall–Kier alpha value is -2.41. The molecule has 106 valence electrons. The van der Waals surface area contributed by atoms with Gasteiger partial charge in [0.15, 0.2) is 0 Å². The first-order valence-electron chi connectivity index (χ1n) is 6.34. The number of rotatable bonds is 4. The molecule has 2 aromatic heterocycles. The smallest absolute Gasteiger partial charge is 0.225 e. The van der Waals surface area contributed by atoms with Gasteiger partial charge in [-0.15, -0.1) is 0 Å². The number of hydrogen-bond acceptors (Lipinski definition) is 5. The van der Waals surface area contributed by atoms with Gasteiger partial charge in [0.2, 0.25) is 5.95 Å². The molecule has 0 atom stereocenters. The van der Waals surface area contributed by atoms with Gasteiger partial charge in [-0.25, -0.2) is 9.67 Å². The minimum absolute atomic E-state index is 0.416. The molecule has 0 fully saturated rings. The van der Waals surface area contributed by atoms with Crippen molar-refractivity contribution < 1.29 is 0 Å². The zero-order valence-corrected chi connectivity index (χ0v) is 12.7. The Bertz CT molecular complexity index is 721. The molecule has 0 unspecified atom stereocenters. The van der Waals surface area contributed by atoms with E-state index in [1.807, 2.05) is 41.2 Å². The number of para-hydroxylation sites is 1. The fraction of sp³-hybridized carbons (Fsp3) is 0.0714. The first-order chi connectivity index (χ1) is 10.2. The summed E-state index contributed by atoms with van der Waals surface area (Å²) in [6.45, 7) is 0.575. The predicted molar refractivity (Wildman–Crippen MR) is 85.0 cm³/mol. The molecule has 0 aliphatic carbocycles. The van der Waals surface area contributed by atoms with Crippen LogP contribution in [0.1, 0.15) is 5.56 Å². The monoisotopic (exact) mass is 344 g/mol. The third-order valence-corrected chi connectivity index (χ3v) is 3.30. The molecule has 3 rings (SSSR count). The minimum Gasteiger partial charge on any atom is -0.383 e. The third-order valence-electron chi connectivity index (χ3n) is 2.89. The molecule has 0 bridgehead atoms. The minimum atomic E-state index is 0.416. The molecule has 0 aliphatic rings. The van der Waals surface area contributed by atoms with Gasteiger partial charge >= 0.3 is 0 Å². The fourth-order valence-corrected chi connectivity index (χ4v) is 2.39. The van der Waals surface area contributed by atoms with Gasteiger partial charge in [-0.05, 0) is 33.6 Å². The van der Waals surface area contributed by atoms with Crippen LogP contribution in [-0.2, 0) is 6.54 Å². The second-order valence-electron chi connectivity index (χ2n) is 4.37. The predicted octanol–water partition coefficient (Wildman–Crippen LogP) is 2.62. The van der Waals surface area contributed by atoms with E-state index >= 15 is 0 Å². The van der Waals surface area contributed by atoms with Crippen LogP contribution in [-0.4, -0.2) is 19.7 Å². The molecule has 0 radical (unpaired) electrons. The number of aromatic nitrogens is 4. The lowest BCUT2D eigenvalue weighted by Crippen LogP contribution is -2.08. The lowest BCUT2D eigenvalue weighted by molar-refractivity contribution is 0.862. The van der Waals surface area contributed by atoms with E-state index in [0.29, 0.717) is 22.9 Å². The first kappa shape index (κ1) is 13.6. The molecule has 0 aliphatic heterocycles. The van der Waals surface area contributed by atoms with Gasteiger partial charge in [-0.3, -0.25) is 0 Å². The van der Waals surface area contributed by atoms with Crippen LogP contribution in [0, 0.1) is 0 Å². The van der Waals surface area contributed by atoms with Crippen LogP contribution in [0.2, 0.25) is 0 Å². The summed E-state index contributed by atoms with van der Waals surface area (Å²) in [6.07, 6.45) is 3.66. The lowest BCUT2D eigenvalue weighted by atomic mass is 10.2. The van der Waals surface area contributed by atoms with Crippen molar-refractivity contribution in [2.75, 3.05) is 11.1 Å². The highest BCUT2D eigenvalue weighted by Crippen LogP contribution is 2.16. The van der Waals surface area contributed by atoms with Gasteiger partial charge in [0, 0.05) is 25.0 Å². The molecule has 21 heavy (non-hydrogen) atoms. The summed E-state index contributed by atoms with van der Waals surface area (Å²) in [5, 5.41) is 7.43. The van der Waals surface area contributed by atoms with E-state index in [4.69, 9.17) is 5.73 Å². The van der Waals surface area contributed by atoms with Crippen molar-refractivity contribution in [3.05, 3.63) is 59.0 Å². The van der Waals surface area contributed by atoms with Crippen molar-refractivity contribution in [2.24, 2.45) is 0 Å². The SMILES string of the molecule is Nc1cc(Br)nc(NCc2ccccc2-n2cccn2)n1. The highest BCUT2D eigenvalue weighted by molar-refractivity contribution is 9.10. The van der Waals surface area contributed by atoms with E-state index < -0.39 is 0 Å². The van der Waals surface area contributed by atoms with Gasteiger partial charge in [0.05, 0.1) is 5.69 Å². The standard InChI is InChI=1S/C14H13BrN6/c15-12-8-13(16)20-14(19-12)17-9-10-4-1-2-5-11(10)21-7-3-6-18-21/h1-8H,9H2,(H3,16,17,19,20). The molecule has 0 amide bonds. The van der Waals surface area contributed by atoms with Gasteiger partial charge in [0.1, 0.15) is 10.4 Å². The van der Waals surface area contributed by atoms with Gasteiger partial charge < -0.3 is 11.1 Å². The highest BCUT2D eigenvalue weighted by atomic mass is 79.9. The number of benzene rings is 1. The van der Waals surface area contributed by atoms with Crippen molar-refractivity contribution in [3.63, 3.8) is 0 Å². The number of nitrogens with one attached hydrogen (secondary N) is 1. The fourth-order valence-electron chi connectivity index (χ4n) is 1.98. The van der Waals surface area contributed by atoms with Crippen molar-refractivity contribution >= 4 is 27.7 Å². The molecule has 0 spiro atoms. The Morgan fingerprint density at radius 3 is 2.81 bits per heavy atom. The average Bonchev–Trinajstić information content (AvgIpc) is 2.98. The van der Waals surface area contributed by atoms with Crippen LogP contribution in [0.15, 0.2) is 53.4 Å². The molecule has 2 heterocycles. The summed E-state index contributed by atoms with van der Waals surface area (Å²) in [5.41, 5.74) is 7.80. The van der Waals surface area contributed by atoms with E-state index in [1.165, 1.54) is 0 Å². The van der Waals surface area contributed by atoms with Gasteiger partial charge in [-0.1, -0.05) is 18.2 Å². The van der Waals surface area contributed by atoms with E-state index in [9.17, 15) is 0 Å². The number of hydrogen-bond donors (Lipinski definition) is 2. The summed E-state index contributed by atoms with van der Waals surface area (Å²) in [4.78, 5) is 8.38. The molecule has 6 nitrogen and oxygen atoms in total. The Kier molecular flexibility index (Phi) is 3.83. The maximum atomic E-state index is 5.70. The van der Waals surface area contributed by atoms with E-state index in [2.05, 4.69) is 36.3 Å². The Morgan fingerprint density at radius 2 is 2.05 bits per heavy atom. The Labute approximate surface area is 130 Å². The molecular weight excluding hydrogens is 332 g/mol. The molecule has 3 N–H and O–H groups in total. The van der Waals surface area contributed by atoms with Crippen LogP contribution < -0.4 is 11.1 Å². The van der Waals surface area contributed by atoms with Crippen LogP contribution in [0.4, 0.5) is 11.8 Å². The van der Waals surface area contributed by atoms with E-state index in [1.54, 1.807) is 12.3 Å². The maximum Gasteiger partial charge on any atom is 0.225 e. The molecule has 3 aromatic rings. The van der Waals surface area contributed by atoms with Crippen molar-refractivity contribution in [3.8, 4) is 5.69 Å². The number of nitrogen functional groups attached to an aromatic ring is 1. The van der Waals surface area contributed by atoms with Crippen LogP contribution in [0.3, 0.4) is 0 Å². The Morgan fingerprint density at radius 1 is 1.19 bits per heavy atom. The summed E-state index contributed by atoms with van der Waals surface area (Å²) >= 11 is 3.30. The van der Waals surface area contributed by atoms with E-state index in [0.717, 1.165) is 11.3 Å². The van der Waals surface area contributed by atoms with Gasteiger partial charge in [0.25, 0.3) is 0 Å². The summed E-state index contributed by atoms with van der Waals surface area (Å²) in [5.74, 6) is 0.900. The van der Waals surface area contributed by atoms with Gasteiger partial charge in [-0.2, -0.15) is 10.1 Å². The molecular formula is C14H13BrN6. The normalized spacial score (nSPS) is 10.5. The van der Waals surface area contributed by atoms with Crippen molar-refractivity contribution in [1.82, 2.24) is 19.7 Å². The van der Waals surface area contributed by atoms with Crippen LogP contribution >= 0.6 is 15.9 Å². The quantitative estimate of drug-likeness (QED) is 0.711. The summed E-state index contributed by atoms with van der Waals surface area (Å²) < 4.78 is 2.48. The summed E-state index contributed by atoms with van der Waals surface area (Å²) in [7, 11) is 0. The number of anilines is 2.